The number of nitrogen functional groups attached to an aromatic ring is 1. The average molecular weight is 285 g/mol. The lowest BCUT2D eigenvalue weighted by Gasteiger charge is -2.04. The molecular formula is C9H15N7O2S. The molecule has 0 saturated carbocycles. The van der Waals surface area contributed by atoms with Gasteiger partial charge in [-0.15, -0.1) is 5.10 Å². The fourth-order valence-corrected chi connectivity index (χ4v) is 2.60. The minimum Gasteiger partial charge on any atom is -0.381 e. The van der Waals surface area contributed by atoms with Gasteiger partial charge in [-0.1, -0.05) is 5.21 Å². The highest BCUT2D eigenvalue weighted by molar-refractivity contribution is 7.89. The smallest absolute Gasteiger partial charge is 0.245 e. The zero-order chi connectivity index (χ0) is 13.9. The fraction of sp³-hybridized carbons (Fsp3) is 0.444. The van der Waals surface area contributed by atoms with Gasteiger partial charge in [-0.25, -0.2) is 13.1 Å². The third kappa shape index (κ3) is 3.09. The topological polar surface area (TPSA) is 121 Å². The fourth-order valence-electron chi connectivity index (χ4n) is 1.51. The van der Waals surface area contributed by atoms with Gasteiger partial charge >= 0.3 is 0 Å². The summed E-state index contributed by atoms with van der Waals surface area (Å²) in [5.74, 6) is -0.00453. The van der Waals surface area contributed by atoms with Crippen LogP contribution in [0.4, 0.5) is 5.82 Å². The molecule has 2 rings (SSSR count). The Hall–Kier alpha value is -1.94. The van der Waals surface area contributed by atoms with E-state index in [1.165, 1.54) is 21.8 Å². The molecule has 2 heterocycles. The molecular weight excluding hydrogens is 270 g/mol. The first-order chi connectivity index (χ1) is 9.03. The Bertz CT molecular complexity index is 632. The van der Waals surface area contributed by atoms with Crippen LogP contribution in [0, 0.1) is 0 Å². The summed E-state index contributed by atoms with van der Waals surface area (Å²) in [6, 6.07) is 0. The monoisotopic (exact) mass is 285 g/mol. The minimum absolute atomic E-state index is 0.00453. The molecule has 2 aromatic heterocycles. The Morgan fingerprint density at radius 3 is 2.79 bits per heavy atom. The first kappa shape index (κ1) is 13.5. The van der Waals surface area contributed by atoms with Gasteiger partial charge < -0.3 is 5.73 Å². The van der Waals surface area contributed by atoms with Crippen LogP contribution in [-0.4, -0.2) is 39.7 Å². The Morgan fingerprint density at radius 1 is 1.42 bits per heavy atom. The Morgan fingerprint density at radius 2 is 2.21 bits per heavy atom. The number of aromatic nitrogens is 5. The second-order valence-corrected chi connectivity index (χ2v) is 5.53. The number of hydrogen-bond donors (Lipinski definition) is 2. The number of hydrogen-bond acceptors (Lipinski definition) is 6. The van der Waals surface area contributed by atoms with E-state index in [0.29, 0.717) is 13.1 Å². The second-order valence-electron chi connectivity index (χ2n) is 3.80. The van der Waals surface area contributed by atoms with Crippen LogP contribution in [0.5, 0.6) is 0 Å². The summed E-state index contributed by atoms with van der Waals surface area (Å²) in [6.07, 6.45) is 4.59. The van der Waals surface area contributed by atoms with Gasteiger partial charge in [-0.3, -0.25) is 9.36 Å². The Kier molecular flexibility index (Phi) is 3.81. The summed E-state index contributed by atoms with van der Waals surface area (Å²) < 4.78 is 29.5. The Labute approximate surface area is 110 Å². The highest BCUT2D eigenvalue weighted by atomic mass is 32.2. The van der Waals surface area contributed by atoms with E-state index in [1.54, 1.807) is 6.20 Å². The van der Waals surface area contributed by atoms with Crippen LogP contribution >= 0.6 is 0 Å². The molecule has 19 heavy (non-hydrogen) atoms. The second kappa shape index (κ2) is 5.36. The van der Waals surface area contributed by atoms with Gasteiger partial charge in [0.1, 0.15) is 4.90 Å². The van der Waals surface area contributed by atoms with Crippen molar-refractivity contribution in [3.63, 3.8) is 0 Å². The molecule has 0 unspecified atom stereocenters. The summed E-state index contributed by atoms with van der Waals surface area (Å²) >= 11 is 0. The van der Waals surface area contributed by atoms with Gasteiger partial charge in [0.25, 0.3) is 0 Å². The number of nitrogens with two attached hydrogens (primary N) is 1. The number of nitrogens with zero attached hydrogens (tertiary/aromatic N) is 5. The minimum atomic E-state index is -3.65. The van der Waals surface area contributed by atoms with Crippen molar-refractivity contribution < 1.29 is 8.42 Å². The standard InChI is InChI=1S/C9H15N7O2S/c1-2-15-7-8(9(10)13-15)19(17,18)12-4-6-16-5-3-11-14-16/h3,5,7,12H,2,4,6H2,1H3,(H2,10,13). The van der Waals surface area contributed by atoms with Crippen LogP contribution in [0.15, 0.2) is 23.5 Å². The van der Waals surface area contributed by atoms with Crippen LogP contribution in [0.25, 0.3) is 0 Å². The van der Waals surface area contributed by atoms with Crippen LogP contribution in [0.3, 0.4) is 0 Å². The predicted octanol–water partition coefficient (Wildman–Crippen LogP) is -0.945. The molecule has 9 nitrogen and oxygen atoms in total. The van der Waals surface area contributed by atoms with E-state index in [1.807, 2.05) is 6.92 Å². The van der Waals surface area contributed by atoms with Crippen LogP contribution < -0.4 is 10.5 Å². The largest absolute Gasteiger partial charge is 0.381 e. The van der Waals surface area contributed by atoms with Gasteiger partial charge in [0.05, 0.1) is 12.7 Å². The predicted molar refractivity (Wildman–Crippen MR) is 67.5 cm³/mol. The van der Waals surface area contributed by atoms with Gasteiger partial charge in [0.2, 0.25) is 10.0 Å². The van der Waals surface area contributed by atoms with Crippen LogP contribution in [0.1, 0.15) is 6.92 Å². The van der Waals surface area contributed by atoms with E-state index in [0.717, 1.165) is 0 Å². The number of nitrogens with one attached hydrogen (secondary N) is 1. The van der Waals surface area contributed by atoms with E-state index in [4.69, 9.17) is 5.73 Å². The molecule has 0 amide bonds. The number of anilines is 1. The molecule has 0 saturated heterocycles. The molecule has 0 aromatic carbocycles. The summed E-state index contributed by atoms with van der Waals surface area (Å²) in [4.78, 5) is -0.00654. The summed E-state index contributed by atoms with van der Waals surface area (Å²) in [5, 5.41) is 11.3. The quantitative estimate of drug-likeness (QED) is 0.706. The van der Waals surface area contributed by atoms with Crippen molar-refractivity contribution >= 4 is 15.8 Å². The average Bonchev–Trinajstić information content (AvgIpc) is 2.98. The lowest BCUT2D eigenvalue weighted by atomic mass is 10.6. The van der Waals surface area contributed by atoms with Crippen molar-refractivity contribution in [3.05, 3.63) is 18.6 Å². The van der Waals surface area contributed by atoms with Crippen molar-refractivity contribution in [1.29, 1.82) is 0 Å². The van der Waals surface area contributed by atoms with Crippen LogP contribution in [0.2, 0.25) is 0 Å². The molecule has 0 spiro atoms. The molecule has 0 bridgehead atoms. The maximum absolute atomic E-state index is 12.0. The van der Waals surface area contributed by atoms with Gasteiger partial charge in [0, 0.05) is 25.5 Å². The van der Waals surface area contributed by atoms with E-state index in [-0.39, 0.29) is 17.3 Å². The molecule has 0 radical (unpaired) electrons. The zero-order valence-corrected chi connectivity index (χ0v) is 11.2. The maximum atomic E-state index is 12.0. The number of rotatable bonds is 6. The van der Waals surface area contributed by atoms with Crippen molar-refractivity contribution in [1.82, 2.24) is 29.5 Å². The summed E-state index contributed by atoms with van der Waals surface area (Å²) in [7, 11) is -3.65. The highest BCUT2D eigenvalue weighted by Gasteiger charge is 2.20. The molecule has 104 valence electrons. The molecule has 3 N–H and O–H groups in total. The normalized spacial score (nSPS) is 11.8. The molecule has 0 aliphatic carbocycles. The van der Waals surface area contributed by atoms with E-state index < -0.39 is 10.0 Å². The molecule has 2 aromatic rings. The number of aryl methyl sites for hydroxylation is 1. The number of sulfonamides is 1. The summed E-state index contributed by atoms with van der Waals surface area (Å²) in [6.45, 7) is 2.99. The van der Waals surface area contributed by atoms with Gasteiger partial charge in [-0.2, -0.15) is 5.10 Å². The van der Waals surface area contributed by atoms with Crippen molar-refractivity contribution in [2.75, 3.05) is 12.3 Å². The lowest BCUT2D eigenvalue weighted by molar-refractivity contribution is 0.553. The van der Waals surface area contributed by atoms with E-state index >= 15 is 0 Å². The molecule has 0 atom stereocenters. The van der Waals surface area contributed by atoms with Gasteiger partial charge in [-0.05, 0) is 6.92 Å². The van der Waals surface area contributed by atoms with E-state index in [2.05, 4.69) is 20.1 Å². The van der Waals surface area contributed by atoms with Gasteiger partial charge in [0.15, 0.2) is 5.82 Å². The van der Waals surface area contributed by atoms with Crippen LogP contribution in [-0.2, 0) is 23.1 Å². The molecule has 10 heteroatoms. The first-order valence-corrected chi connectivity index (χ1v) is 7.18. The molecule has 0 aliphatic heterocycles. The third-order valence-electron chi connectivity index (χ3n) is 2.47. The molecule has 0 fully saturated rings. The van der Waals surface area contributed by atoms with Crippen molar-refractivity contribution in [2.45, 2.75) is 24.9 Å². The SMILES string of the molecule is CCn1cc(S(=O)(=O)NCCn2ccnn2)c(N)n1. The van der Waals surface area contributed by atoms with E-state index in [9.17, 15) is 8.42 Å². The maximum Gasteiger partial charge on any atom is 0.245 e. The third-order valence-corrected chi connectivity index (χ3v) is 3.95. The highest BCUT2D eigenvalue weighted by Crippen LogP contribution is 2.15. The van der Waals surface area contributed by atoms with Crippen molar-refractivity contribution in [3.8, 4) is 0 Å². The first-order valence-electron chi connectivity index (χ1n) is 5.69. The lowest BCUT2D eigenvalue weighted by Crippen LogP contribution is -2.28. The zero-order valence-electron chi connectivity index (χ0n) is 10.4. The molecule has 0 aliphatic rings. The summed E-state index contributed by atoms with van der Waals surface area (Å²) in [5.41, 5.74) is 5.59. The Balaban J connectivity index is 2.03. The van der Waals surface area contributed by atoms with Crippen molar-refractivity contribution in [2.24, 2.45) is 0 Å².